The average Bonchev–Trinajstić information content (AvgIpc) is 3.19. The molecular formula is C21H23ClN6O. The Morgan fingerprint density at radius 2 is 2.07 bits per heavy atom. The molecule has 0 radical (unpaired) electrons. The maximum atomic E-state index is 6.22. The highest BCUT2D eigenvalue weighted by Gasteiger charge is 2.29. The summed E-state index contributed by atoms with van der Waals surface area (Å²) in [6.07, 6.45) is 4.18. The summed E-state index contributed by atoms with van der Waals surface area (Å²) in [5, 5.41) is 7.89. The van der Waals surface area contributed by atoms with Crippen LogP contribution in [-0.2, 0) is 17.6 Å². The van der Waals surface area contributed by atoms with Gasteiger partial charge in [-0.3, -0.25) is 5.10 Å². The number of aromatic amines is 1. The number of ether oxygens (including phenoxy) is 1. The van der Waals surface area contributed by atoms with Crippen molar-refractivity contribution in [1.29, 1.82) is 0 Å². The van der Waals surface area contributed by atoms with Crippen molar-refractivity contribution >= 4 is 17.4 Å². The van der Waals surface area contributed by atoms with E-state index in [0.717, 1.165) is 48.1 Å². The third-order valence-electron chi connectivity index (χ3n) is 5.51. The van der Waals surface area contributed by atoms with Crippen LogP contribution in [0.4, 0.5) is 5.82 Å². The highest BCUT2D eigenvalue weighted by atomic mass is 35.5. The van der Waals surface area contributed by atoms with Crippen LogP contribution in [0.15, 0.2) is 24.3 Å². The molecule has 3 heterocycles. The lowest BCUT2D eigenvalue weighted by Crippen LogP contribution is -2.40. The van der Waals surface area contributed by atoms with Crippen molar-refractivity contribution < 1.29 is 4.74 Å². The Labute approximate surface area is 174 Å². The Morgan fingerprint density at radius 3 is 2.90 bits per heavy atom. The minimum atomic E-state index is -0.169. The normalized spacial score (nSPS) is 19.2. The second kappa shape index (κ2) is 7.72. The number of morpholine rings is 1. The van der Waals surface area contributed by atoms with Gasteiger partial charge in [-0.2, -0.15) is 5.10 Å². The molecule has 1 atom stereocenters. The average molecular weight is 411 g/mol. The van der Waals surface area contributed by atoms with Crippen LogP contribution in [0.25, 0.3) is 11.4 Å². The van der Waals surface area contributed by atoms with Gasteiger partial charge in [-0.25, -0.2) is 15.0 Å². The summed E-state index contributed by atoms with van der Waals surface area (Å²) < 4.78 is 5.96. The number of nitrogens with one attached hydrogen (secondary N) is 1. The standard InChI is InChI=1S/C21H23ClN6O/c1-13-23-20(27-26-13)18-12-28(9-10-29-18)21-16-7-2-3-8-17(16)24-19(25-21)14-5-4-6-15(22)11-14/h4-6,11,18H,2-3,7-10,12H2,1H3,(H,23,26,27). The Bertz CT molecular complexity index is 1040. The van der Waals surface area contributed by atoms with Gasteiger partial charge in [-0.1, -0.05) is 23.7 Å². The van der Waals surface area contributed by atoms with Crippen molar-refractivity contribution in [2.75, 3.05) is 24.6 Å². The Balaban J connectivity index is 1.53. The summed E-state index contributed by atoms with van der Waals surface area (Å²) in [6, 6.07) is 7.75. The van der Waals surface area contributed by atoms with E-state index in [2.05, 4.69) is 20.1 Å². The van der Waals surface area contributed by atoms with Crippen LogP contribution < -0.4 is 4.90 Å². The topological polar surface area (TPSA) is 79.8 Å². The quantitative estimate of drug-likeness (QED) is 0.709. The maximum absolute atomic E-state index is 6.22. The van der Waals surface area contributed by atoms with Crippen molar-refractivity contribution in [2.45, 2.75) is 38.7 Å². The van der Waals surface area contributed by atoms with E-state index in [-0.39, 0.29) is 6.10 Å². The van der Waals surface area contributed by atoms with E-state index >= 15 is 0 Å². The fraction of sp³-hybridized carbons (Fsp3) is 0.429. The number of benzene rings is 1. The van der Waals surface area contributed by atoms with Crippen molar-refractivity contribution in [3.05, 3.63) is 52.2 Å². The lowest BCUT2D eigenvalue weighted by molar-refractivity contribution is 0.0339. The van der Waals surface area contributed by atoms with Crippen LogP contribution in [0, 0.1) is 6.92 Å². The first-order valence-electron chi connectivity index (χ1n) is 10.1. The fourth-order valence-corrected chi connectivity index (χ4v) is 4.28. The molecular weight excluding hydrogens is 388 g/mol. The van der Waals surface area contributed by atoms with E-state index in [1.54, 1.807) is 0 Å². The van der Waals surface area contributed by atoms with Gasteiger partial charge in [0, 0.05) is 28.4 Å². The first-order chi connectivity index (χ1) is 14.2. The molecule has 2 aromatic heterocycles. The molecule has 0 bridgehead atoms. The maximum Gasteiger partial charge on any atom is 0.181 e. The Hall–Kier alpha value is -2.51. The van der Waals surface area contributed by atoms with Gasteiger partial charge in [-0.05, 0) is 44.7 Å². The van der Waals surface area contributed by atoms with E-state index in [1.165, 1.54) is 18.4 Å². The lowest BCUT2D eigenvalue weighted by Gasteiger charge is -2.34. The molecule has 0 saturated carbocycles. The lowest BCUT2D eigenvalue weighted by atomic mass is 9.95. The molecule has 1 unspecified atom stereocenters. The molecule has 1 N–H and O–H groups in total. The number of fused-ring (bicyclic) bond motifs is 1. The molecule has 1 aliphatic heterocycles. The molecule has 5 rings (SSSR count). The predicted octanol–water partition coefficient (Wildman–Crippen LogP) is 3.68. The molecule has 1 fully saturated rings. The third-order valence-corrected chi connectivity index (χ3v) is 5.75. The number of anilines is 1. The molecule has 1 aliphatic carbocycles. The van der Waals surface area contributed by atoms with Crippen LogP contribution >= 0.6 is 11.6 Å². The highest BCUT2D eigenvalue weighted by Crippen LogP contribution is 2.33. The molecule has 7 nitrogen and oxygen atoms in total. The van der Waals surface area contributed by atoms with Crippen molar-refractivity contribution in [2.24, 2.45) is 0 Å². The molecule has 3 aromatic rings. The van der Waals surface area contributed by atoms with Gasteiger partial charge in [0.25, 0.3) is 0 Å². The van der Waals surface area contributed by atoms with E-state index in [0.29, 0.717) is 24.0 Å². The Morgan fingerprint density at radius 1 is 1.17 bits per heavy atom. The van der Waals surface area contributed by atoms with Crippen molar-refractivity contribution in [3.63, 3.8) is 0 Å². The van der Waals surface area contributed by atoms with Gasteiger partial charge in [0.2, 0.25) is 0 Å². The molecule has 150 valence electrons. The smallest absolute Gasteiger partial charge is 0.181 e. The molecule has 1 saturated heterocycles. The summed E-state index contributed by atoms with van der Waals surface area (Å²) in [7, 11) is 0. The molecule has 8 heteroatoms. The zero-order chi connectivity index (χ0) is 19.8. The summed E-state index contributed by atoms with van der Waals surface area (Å²) in [4.78, 5) is 16.7. The number of rotatable bonds is 3. The van der Waals surface area contributed by atoms with Gasteiger partial charge < -0.3 is 9.64 Å². The van der Waals surface area contributed by atoms with E-state index < -0.39 is 0 Å². The first kappa shape index (κ1) is 18.5. The van der Waals surface area contributed by atoms with Crippen LogP contribution in [0.2, 0.25) is 5.02 Å². The number of nitrogens with zero attached hydrogens (tertiary/aromatic N) is 5. The fourth-order valence-electron chi connectivity index (χ4n) is 4.09. The summed E-state index contributed by atoms with van der Waals surface area (Å²) in [5.74, 6) is 3.25. The van der Waals surface area contributed by atoms with E-state index in [9.17, 15) is 0 Å². The molecule has 2 aliphatic rings. The minimum Gasteiger partial charge on any atom is -0.366 e. The number of aromatic nitrogens is 5. The van der Waals surface area contributed by atoms with Gasteiger partial charge >= 0.3 is 0 Å². The number of halogens is 1. The molecule has 29 heavy (non-hydrogen) atoms. The van der Waals surface area contributed by atoms with Crippen LogP contribution in [0.1, 0.15) is 41.9 Å². The third kappa shape index (κ3) is 3.72. The van der Waals surface area contributed by atoms with Crippen LogP contribution in [-0.4, -0.2) is 44.8 Å². The zero-order valence-electron chi connectivity index (χ0n) is 16.4. The van der Waals surface area contributed by atoms with E-state index in [1.807, 2.05) is 31.2 Å². The highest BCUT2D eigenvalue weighted by molar-refractivity contribution is 6.30. The number of H-pyrrole nitrogens is 1. The number of aryl methyl sites for hydroxylation is 2. The van der Waals surface area contributed by atoms with Crippen LogP contribution in [0.3, 0.4) is 0 Å². The minimum absolute atomic E-state index is 0.169. The predicted molar refractivity (Wildman–Crippen MR) is 111 cm³/mol. The van der Waals surface area contributed by atoms with E-state index in [4.69, 9.17) is 26.3 Å². The van der Waals surface area contributed by atoms with Gasteiger partial charge in [-0.15, -0.1) is 0 Å². The molecule has 0 spiro atoms. The monoisotopic (exact) mass is 410 g/mol. The second-order valence-electron chi connectivity index (χ2n) is 7.60. The van der Waals surface area contributed by atoms with Gasteiger partial charge in [0.15, 0.2) is 11.6 Å². The molecule has 0 amide bonds. The summed E-state index contributed by atoms with van der Waals surface area (Å²) >= 11 is 6.22. The Kier molecular flexibility index (Phi) is 4.93. The summed E-state index contributed by atoms with van der Waals surface area (Å²) in [6.45, 7) is 3.98. The van der Waals surface area contributed by atoms with Crippen molar-refractivity contribution in [1.82, 2.24) is 25.1 Å². The van der Waals surface area contributed by atoms with Gasteiger partial charge in [0.1, 0.15) is 17.7 Å². The molecule has 1 aromatic carbocycles. The largest absolute Gasteiger partial charge is 0.366 e. The van der Waals surface area contributed by atoms with Crippen LogP contribution in [0.5, 0.6) is 0 Å². The van der Waals surface area contributed by atoms with Crippen molar-refractivity contribution in [3.8, 4) is 11.4 Å². The van der Waals surface area contributed by atoms with Gasteiger partial charge in [0.05, 0.1) is 13.2 Å². The summed E-state index contributed by atoms with van der Waals surface area (Å²) in [5.41, 5.74) is 3.38. The number of hydrogen-bond donors (Lipinski definition) is 1. The SMILES string of the molecule is Cc1nc(C2CN(c3nc(-c4cccc(Cl)c4)nc4c3CCCC4)CCO2)n[nH]1. The zero-order valence-corrected chi connectivity index (χ0v) is 17.1. The second-order valence-corrected chi connectivity index (χ2v) is 8.03. The first-order valence-corrected chi connectivity index (χ1v) is 10.5. The number of hydrogen-bond acceptors (Lipinski definition) is 6.